The molecule has 0 spiro atoms. The van der Waals surface area contributed by atoms with Gasteiger partial charge in [-0.2, -0.15) is 0 Å². The van der Waals surface area contributed by atoms with E-state index in [0.29, 0.717) is 11.4 Å². The molecule has 0 fully saturated rings. The van der Waals surface area contributed by atoms with Gasteiger partial charge in [0.05, 0.1) is 11.4 Å². The zero-order chi connectivity index (χ0) is 14.2. The lowest BCUT2D eigenvalue weighted by molar-refractivity contribution is 0.0687. The fourth-order valence-corrected chi connectivity index (χ4v) is 1.86. The summed E-state index contributed by atoms with van der Waals surface area (Å²) in [6.07, 6.45) is 0. The predicted molar refractivity (Wildman–Crippen MR) is 67.0 cm³/mol. The highest BCUT2D eigenvalue weighted by molar-refractivity contribution is 5.87. The Morgan fingerprint density at radius 3 is 2.32 bits per heavy atom. The molecule has 0 amide bonds. The van der Waals surface area contributed by atoms with E-state index in [-0.39, 0.29) is 11.5 Å². The molecule has 0 bridgehead atoms. The molecule has 6 heteroatoms. The summed E-state index contributed by atoms with van der Waals surface area (Å²) < 4.78 is 14.4. The van der Waals surface area contributed by atoms with Gasteiger partial charge in [-0.25, -0.2) is 13.9 Å². The van der Waals surface area contributed by atoms with Crippen LogP contribution in [-0.4, -0.2) is 26.1 Å². The third kappa shape index (κ3) is 2.47. The first-order valence-corrected chi connectivity index (χ1v) is 5.76. The fourth-order valence-electron chi connectivity index (χ4n) is 1.86. The van der Waals surface area contributed by atoms with Crippen LogP contribution < -0.4 is 0 Å². The van der Waals surface area contributed by atoms with Crippen molar-refractivity contribution in [1.82, 2.24) is 15.0 Å². The average molecular weight is 263 g/mol. The molecule has 0 aliphatic rings. The smallest absolute Gasteiger partial charge is 0.358 e. The van der Waals surface area contributed by atoms with Gasteiger partial charge in [0.1, 0.15) is 5.82 Å². The van der Waals surface area contributed by atoms with E-state index in [0.717, 1.165) is 0 Å². The minimum Gasteiger partial charge on any atom is -0.476 e. The predicted octanol–water partition coefficient (Wildman–Crippen LogP) is 2.40. The van der Waals surface area contributed by atoms with Gasteiger partial charge in [0.25, 0.3) is 0 Å². The van der Waals surface area contributed by atoms with E-state index >= 15 is 0 Å². The first kappa shape index (κ1) is 13.2. The summed E-state index contributed by atoms with van der Waals surface area (Å²) >= 11 is 0. The van der Waals surface area contributed by atoms with Crippen LogP contribution in [0, 0.1) is 5.82 Å². The van der Waals surface area contributed by atoms with Crippen molar-refractivity contribution in [3.63, 3.8) is 0 Å². The number of rotatable bonds is 2. The van der Waals surface area contributed by atoms with E-state index in [2.05, 4.69) is 10.3 Å². The highest BCUT2D eigenvalue weighted by atomic mass is 19.1. The standard InChI is InChI=1S/C13H14FN3O2/c1-13(2,3)11-10(12(18)19)15-16-17(11)9-6-4-8(14)5-7-9/h4-7H,1-3H3,(H,18,19). The van der Waals surface area contributed by atoms with Gasteiger partial charge in [-0.15, -0.1) is 5.10 Å². The summed E-state index contributed by atoms with van der Waals surface area (Å²) in [5.41, 5.74) is 0.515. The lowest BCUT2D eigenvalue weighted by Gasteiger charge is -2.20. The van der Waals surface area contributed by atoms with Crippen LogP contribution in [-0.2, 0) is 5.41 Å². The summed E-state index contributed by atoms with van der Waals surface area (Å²) in [4.78, 5) is 11.2. The maximum absolute atomic E-state index is 12.9. The van der Waals surface area contributed by atoms with Crippen LogP contribution in [0.1, 0.15) is 37.0 Å². The van der Waals surface area contributed by atoms with Crippen LogP contribution in [0.4, 0.5) is 4.39 Å². The fraction of sp³-hybridized carbons (Fsp3) is 0.308. The lowest BCUT2D eigenvalue weighted by Crippen LogP contribution is -2.21. The molecule has 1 aromatic carbocycles. The molecule has 0 atom stereocenters. The third-order valence-electron chi connectivity index (χ3n) is 2.65. The third-order valence-corrected chi connectivity index (χ3v) is 2.65. The number of hydrogen-bond donors (Lipinski definition) is 1. The van der Waals surface area contributed by atoms with E-state index in [1.807, 2.05) is 20.8 Å². The minimum absolute atomic E-state index is 0.0863. The molecule has 0 saturated carbocycles. The summed E-state index contributed by atoms with van der Waals surface area (Å²) in [5, 5.41) is 16.7. The van der Waals surface area contributed by atoms with Crippen LogP contribution >= 0.6 is 0 Å². The molecule has 19 heavy (non-hydrogen) atoms. The van der Waals surface area contributed by atoms with Crippen molar-refractivity contribution in [3.8, 4) is 5.69 Å². The van der Waals surface area contributed by atoms with Gasteiger partial charge in [-0.05, 0) is 24.3 Å². The number of aromatic nitrogens is 3. The molecule has 0 aliphatic heterocycles. The van der Waals surface area contributed by atoms with Gasteiger partial charge in [0, 0.05) is 5.41 Å². The average Bonchev–Trinajstić information content (AvgIpc) is 2.74. The Bertz CT molecular complexity index is 612. The van der Waals surface area contributed by atoms with Crippen LogP contribution in [0.25, 0.3) is 5.69 Å². The van der Waals surface area contributed by atoms with Crippen LogP contribution in [0.2, 0.25) is 0 Å². The molecule has 1 aromatic heterocycles. The number of halogens is 1. The molecule has 0 radical (unpaired) electrons. The van der Waals surface area contributed by atoms with Crippen LogP contribution in [0.15, 0.2) is 24.3 Å². The van der Waals surface area contributed by atoms with Gasteiger partial charge in [-0.1, -0.05) is 26.0 Å². The number of aromatic carboxylic acids is 1. The molecule has 2 aromatic rings. The Morgan fingerprint density at radius 1 is 1.26 bits per heavy atom. The largest absolute Gasteiger partial charge is 0.476 e. The number of nitrogens with zero attached hydrogens (tertiary/aromatic N) is 3. The van der Waals surface area contributed by atoms with Gasteiger partial charge >= 0.3 is 5.97 Å². The summed E-state index contributed by atoms with van der Waals surface area (Å²) in [5.74, 6) is -1.49. The highest BCUT2D eigenvalue weighted by Crippen LogP contribution is 2.27. The second-order valence-corrected chi connectivity index (χ2v) is 5.23. The van der Waals surface area contributed by atoms with E-state index in [9.17, 15) is 9.18 Å². The number of benzene rings is 1. The van der Waals surface area contributed by atoms with Crippen molar-refractivity contribution >= 4 is 5.97 Å². The molecule has 1 heterocycles. The van der Waals surface area contributed by atoms with Crippen LogP contribution in [0.5, 0.6) is 0 Å². The maximum atomic E-state index is 12.9. The van der Waals surface area contributed by atoms with Crippen molar-refractivity contribution in [3.05, 3.63) is 41.5 Å². The molecule has 2 rings (SSSR count). The van der Waals surface area contributed by atoms with Crippen molar-refractivity contribution in [1.29, 1.82) is 0 Å². The molecule has 0 unspecified atom stereocenters. The maximum Gasteiger partial charge on any atom is 0.358 e. The normalized spacial score (nSPS) is 11.6. The Morgan fingerprint density at radius 2 is 1.84 bits per heavy atom. The van der Waals surface area contributed by atoms with Gasteiger partial charge < -0.3 is 5.11 Å². The summed E-state index contributed by atoms with van der Waals surface area (Å²) in [6.45, 7) is 5.62. The topological polar surface area (TPSA) is 68.0 Å². The summed E-state index contributed by atoms with van der Waals surface area (Å²) in [6, 6.07) is 5.66. The second kappa shape index (κ2) is 4.46. The van der Waals surface area contributed by atoms with E-state index in [4.69, 9.17) is 5.11 Å². The second-order valence-electron chi connectivity index (χ2n) is 5.23. The minimum atomic E-state index is -1.13. The van der Waals surface area contributed by atoms with Crippen molar-refractivity contribution < 1.29 is 14.3 Å². The molecular formula is C13H14FN3O2. The van der Waals surface area contributed by atoms with Crippen LogP contribution in [0.3, 0.4) is 0 Å². The number of hydrogen-bond acceptors (Lipinski definition) is 3. The highest BCUT2D eigenvalue weighted by Gasteiger charge is 2.29. The summed E-state index contributed by atoms with van der Waals surface area (Å²) in [7, 11) is 0. The quantitative estimate of drug-likeness (QED) is 0.903. The monoisotopic (exact) mass is 263 g/mol. The zero-order valence-electron chi connectivity index (χ0n) is 10.9. The van der Waals surface area contributed by atoms with Crippen molar-refractivity contribution in [2.24, 2.45) is 0 Å². The molecule has 0 saturated heterocycles. The molecular weight excluding hydrogens is 249 g/mol. The molecule has 5 nitrogen and oxygen atoms in total. The first-order valence-electron chi connectivity index (χ1n) is 5.76. The SMILES string of the molecule is CC(C)(C)c1c(C(=O)O)nnn1-c1ccc(F)cc1. The van der Waals surface area contributed by atoms with E-state index in [1.165, 1.54) is 28.9 Å². The number of carboxylic acid groups (broad SMARTS) is 1. The molecule has 1 N–H and O–H groups in total. The van der Waals surface area contributed by atoms with Gasteiger partial charge in [0.15, 0.2) is 5.69 Å². The zero-order valence-corrected chi connectivity index (χ0v) is 10.9. The molecule has 100 valence electrons. The Kier molecular flexibility index (Phi) is 3.09. The Labute approximate surface area is 109 Å². The Hall–Kier alpha value is -2.24. The van der Waals surface area contributed by atoms with Gasteiger partial charge in [0.2, 0.25) is 0 Å². The lowest BCUT2D eigenvalue weighted by atomic mass is 9.90. The van der Waals surface area contributed by atoms with Crippen molar-refractivity contribution in [2.75, 3.05) is 0 Å². The number of carboxylic acids is 1. The number of carbonyl (C=O) groups is 1. The van der Waals surface area contributed by atoms with Gasteiger partial charge in [-0.3, -0.25) is 0 Å². The van der Waals surface area contributed by atoms with E-state index in [1.54, 1.807) is 0 Å². The van der Waals surface area contributed by atoms with E-state index < -0.39 is 11.4 Å². The van der Waals surface area contributed by atoms with Crippen molar-refractivity contribution in [2.45, 2.75) is 26.2 Å². The molecule has 0 aliphatic carbocycles. The Balaban J connectivity index is 2.64. The first-order chi connectivity index (χ1) is 8.80.